The lowest BCUT2D eigenvalue weighted by molar-refractivity contribution is 0.252. The van der Waals surface area contributed by atoms with Gasteiger partial charge in [0.2, 0.25) is 0 Å². The molecule has 0 spiro atoms. The summed E-state index contributed by atoms with van der Waals surface area (Å²) in [4.78, 5) is 0.547. The molecule has 2 aromatic rings. The van der Waals surface area contributed by atoms with E-state index in [2.05, 4.69) is 5.32 Å². The molecule has 112 valence electrons. The molecule has 0 aliphatic rings. The van der Waals surface area contributed by atoms with Crippen LogP contribution >= 0.6 is 11.8 Å². The minimum atomic E-state index is -2.40. The summed E-state index contributed by atoms with van der Waals surface area (Å²) < 4.78 is 24.5. The molecule has 0 heterocycles. The van der Waals surface area contributed by atoms with Crippen LogP contribution in [0.2, 0.25) is 0 Å². The van der Waals surface area contributed by atoms with Gasteiger partial charge in [-0.25, -0.2) is 0 Å². The van der Waals surface area contributed by atoms with E-state index in [1.165, 1.54) is 0 Å². The summed E-state index contributed by atoms with van der Waals surface area (Å²) >= 11 is 0.538. The largest absolute Gasteiger partial charge is 0.392 e. The molecule has 2 N–H and O–H groups in total. The molecular weight excluding hydrogens is 292 g/mol. The van der Waals surface area contributed by atoms with Gasteiger partial charge in [0.15, 0.2) is 0 Å². The highest BCUT2D eigenvalue weighted by molar-refractivity contribution is 7.99. The van der Waals surface area contributed by atoms with Gasteiger partial charge in [0, 0.05) is 16.6 Å². The van der Waals surface area contributed by atoms with Gasteiger partial charge in [-0.2, -0.15) is 8.78 Å². The van der Waals surface area contributed by atoms with Gasteiger partial charge in [0.1, 0.15) is 0 Å². The number of halogens is 2. The highest BCUT2D eigenvalue weighted by atomic mass is 32.2. The zero-order valence-corrected chi connectivity index (χ0v) is 12.4. The summed E-state index contributed by atoms with van der Waals surface area (Å²) in [6, 6.07) is 14.7. The maximum atomic E-state index is 12.3. The number of thioether (sulfide) groups is 1. The van der Waals surface area contributed by atoms with Crippen LogP contribution < -0.4 is 5.32 Å². The third-order valence-corrected chi connectivity index (χ3v) is 3.82. The van der Waals surface area contributed by atoms with Crippen molar-refractivity contribution in [3.8, 4) is 0 Å². The van der Waals surface area contributed by atoms with Crippen molar-refractivity contribution in [2.45, 2.75) is 30.2 Å². The fraction of sp³-hybridized carbons (Fsp3) is 0.250. The Morgan fingerprint density at radius 3 is 2.48 bits per heavy atom. The lowest BCUT2D eigenvalue weighted by Gasteiger charge is -2.16. The fourth-order valence-electron chi connectivity index (χ4n) is 2.03. The van der Waals surface area contributed by atoms with Crippen LogP contribution in [0.4, 0.5) is 14.5 Å². The van der Waals surface area contributed by atoms with Crippen molar-refractivity contribution in [2.24, 2.45) is 0 Å². The van der Waals surface area contributed by atoms with Gasteiger partial charge in [0.05, 0.1) is 6.61 Å². The topological polar surface area (TPSA) is 32.3 Å². The summed E-state index contributed by atoms with van der Waals surface area (Å²) in [6.45, 7) is 2.03. The highest BCUT2D eigenvalue weighted by Crippen LogP contribution is 2.27. The van der Waals surface area contributed by atoms with Gasteiger partial charge < -0.3 is 10.4 Å². The Balaban J connectivity index is 2.03. The smallest absolute Gasteiger partial charge is 0.288 e. The molecule has 0 amide bonds. The van der Waals surface area contributed by atoms with E-state index < -0.39 is 5.76 Å². The molecule has 0 saturated heterocycles. The average molecular weight is 309 g/mol. The number of nitrogens with one attached hydrogen (secondary N) is 1. The molecule has 2 rings (SSSR count). The predicted octanol–water partition coefficient (Wildman–Crippen LogP) is 4.67. The predicted molar refractivity (Wildman–Crippen MR) is 82.7 cm³/mol. The number of rotatable bonds is 6. The number of hydrogen-bond donors (Lipinski definition) is 2. The lowest BCUT2D eigenvalue weighted by atomic mass is 10.1. The van der Waals surface area contributed by atoms with E-state index in [1.54, 1.807) is 24.3 Å². The first-order valence-corrected chi connectivity index (χ1v) is 7.47. The second-order valence-corrected chi connectivity index (χ2v) is 5.74. The third kappa shape index (κ3) is 4.72. The maximum absolute atomic E-state index is 12.3. The SMILES string of the molecule is CC(Nc1ccc(SC(F)F)cc1)c1cccc(CO)c1. The Morgan fingerprint density at radius 1 is 1.14 bits per heavy atom. The minimum absolute atomic E-state index is 0.0140. The van der Waals surface area contributed by atoms with Crippen LogP contribution in [-0.2, 0) is 6.61 Å². The molecule has 0 aliphatic heterocycles. The van der Waals surface area contributed by atoms with Crippen molar-refractivity contribution in [3.05, 3.63) is 59.7 Å². The number of alkyl halides is 2. The number of aliphatic hydroxyl groups excluding tert-OH is 1. The number of benzene rings is 2. The van der Waals surface area contributed by atoms with E-state index in [0.29, 0.717) is 16.7 Å². The molecular formula is C16H17F2NOS. The molecule has 1 unspecified atom stereocenters. The first kappa shape index (κ1) is 15.8. The molecule has 21 heavy (non-hydrogen) atoms. The Morgan fingerprint density at radius 2 is 1.86 bits per heavy atom. The Bertz CT molecular complexity index is 575. The van der Waals surface area contributed by atoms with Crippen molar-refractivity contribution >= 4 is 17.4 Å². The normalized spacial score (nSPS) is 12.4. The van der Waals surface area contributed by atoms with E-state index in [-0.39, 0.29) is 12.6 Å². The second-order valence-electron chi connectivity index (χ2n) is 4.67. The molecule has 0 aromatic heterocycles. The molecule has 0 saturated carbocycles. The summed E-state index contributed by atoms with van der Waals surface area (Å²) in [7, 11) is 0. The van der Waals surface area contributed by atoms with E-state index in [1.807, 2.05) is 31.2 Å². The van der Waals surface area contributed by atoms with Crippen molar-refractivity contribution in [1.29, 1.82) is 0 Å². The van der Waals surface area contributed by atoms with Crippen LogP contribution in [0.5, 0.6) is 0 Å². The van der Waals surface area contributed by atoms with Crippen molar-refractivity contribution in [3.63, 3.8) is 0 Å². The lowest BCUT2D eigenvalue weighted by Crippen LogP contribution is -2.06. The molecule has 0 bridgehead atoms. The van der Waals surface area contributed by atoms with Gasteiger partial charge >= 0.3 is 0 Å². The second kappa shape index (κ2) is 7.43. The minimum Gasteiger partial charge on any atom is -0.392 e. The molecule has 5 heteroatoms. The van der Waals surface area contributed by atoms with Crippen LogP contribution in [0, 0.1) is 0 Å². The van der Waals surface area contributed by atoms with E-state index in [0.717, 1.165) is 16.8 Å². The average Bonchev–Trinajstić information content (AvgIpc) is 2.49. The van der Waals surface area contributed by atoms with Gasteiger partial charge in [0.25, 0.3) is 5.76 Å². The van der Waals surface area contributed by atoms with Gasteiger partial charge in [-0.05, 0) is 42.3 Å². The fourth-order valence-corrected chi connectivity index (χ4v) is 2.53. The first-order valence-electron chi connectivity index (χ1n) is 6.59. The van der Waals surface area contributed by atoms with Crippen LogP contribution in [0.3, 0.4) is 0 Å². The zero-order valence-electron chi connectivity index (χ0n) is 11.6. The zero-order chi connectivity index (χ0) is 15.2. The Labute approximate surface area is 127 Å². The molecule has 2 aromatic carbocycles. The standard InChI is InChI=1S/C16H17F2NOS/c1-11(13-4-2-3-12(9-13)10-20)19-14-5-7-15(8-6-14)21-16(17)18/h2-9,11,16,19-20H,10H2,1H3. The van der Waals surface area contributed by atoms with E-state index >= 15 is 0 Å². The van der Waals surface area contributed by atoms with E-state index in [4.69, 9.17) is 5.11 Å². The van der Waals surface area contributed by atoms with Crippen LogP contribution in [0.15, 0.2) is 53.4 Å². The van der Waals surface area contributed by atoms with Crippen LogP contribution in [0.1, 0.15) is 24.1 Å². The quantitative estimate of drug-likeness (QED) is 0.761. The van der Waals surface area contributed by atoms with Crippen LogP contribution in [0.25, 0.3) is 0 Å². The van der Waals surface area contributed by atoms with Gasteiger partial charge in [-0.1, -0.05) is 36.0 Å². The van der Waals surface area contributed by atoms with Gasteiger partial charge in [-0.15, -0.1) is 0 Å². The Hall–Kier alpha value is -1.59. The molecule has 1 atom stereocenters. The number of aliphatic hydroxyl groups is 1. The number of hydrogen-bond acceptors (Lipinski definition) is 3. The molecule has 2 nitrogen and oxygen atoms in total. The van der Waals surface area contributed by atoms with Crippen LogP contribution in [-0.4, -0.2) is 10.9 Å². The monoisotopic (exact) mass is 309 g/mol. The summed E-state index contributed by atoms with van der Waals surface area (Å²) in [5.74, 6) is -2.40. The summed E-state index contributed by atoms with van der Waals surface area (Å²) in [5, 5.41) is 12.5. The van der Waals surface area contributed by atoms with Gasteiger partial charge in [-0.3, -0.25) is 0 Å². The summed E-state index contributed by atoms with van der Waals surface area (Å²) in [5.41, 5.74) is 2.80. The van der Waals surface area contributed by atoms with Crippen molar-refractivity contribution < 1.29 is 13.9 Å². The maximum Gasteiger partial charge on any atom is 0.288 e. The first-order chi connectivity index (χ1) is 10.1. The van der Waals surface area contributed by atoms with Crippen molar-refractivity contribution in [2.75, 3.05) is 5.32 Å². The Kier molecular flexibility index (Phi) is 5.59. The highest BCUT2D eigenvalue weighted by Gasteiger charge is 2.08. The molecule has 0 fully saturated rings. The molecule has 0 radical (unpaired) electrons. The number of anilines is 1. The van der Waals surface area contributed by atoms with Crippen molar-refractivity contribution in [1.82, 2.24) is 0 Å². The molecule has 0 aliphatic carbocycles. The van der Waals surface area contributed by atoms with E-state index in [9.17, 15) is 8.78 Å². The third-order valence-electron chi connectivity index (χ3n) is 3.10. The summed E-state index contributed by atoms with van der Waals surface area (Å²) in [6.07, 6.45) is 0.